The monoisotopic (exact) mass is 347 g/mol. The van der Waals surface area contributed by atoms with Gasteiger partial charge in [0.15, 0.2) is 0 Å². The summed E-state index contributed by atoms with van der Waals surface area (Å²) in [5.74, 6) is 0.878. The molecule has 0 aliphatic carbocycles. The Morgan fingerprint density at radius 1 is 1.20 bits per heavy atom. The van der Waals surface area contributed by atoms with E-state index in [0.717, 1.165) is 30.0 Å². The number of carbonyl (C=O) groups excluding carboxylic acids is 2. The van der Waals surface area contributed by atoms with Gasteiger partial charge in [0.2, 0.25) is 11.8 Å². The van der Waals surface area contributed by atoms with Gasteiger partial charge in [-0.2, -0.15) is 0 Å². The molecular formula is C18H25N3O4. The molecule has 0 spiro atoms. The molecular weight excluding hydrogens is 322 g/mol. The van der Waals surface area contributed by atoms with Crippen LogP contribution in [-0.2, 0) is 27.5 Å². The fourth-order valence-electron chi connectivity index (χ4n) is 3.58. The minimum Gasteiger partial charge on any atom is -0.496 e. The van der Waals surface area contributed by atoms with Crippen LogP contribution in [0.3, 0.4) is 0 Å². The maximum atomic E-state index is 12.4. The Hall–Kier alpha value is -2.12. The van der Waals surface area contributed by atoms with Gasteiger partial charge in [0.05, 0.1) is 20.3 Å². The molecule has 2 fully saturated rings. The number of ether oxygens (including phenoxy) is 2. The Labute approximate surface area is 148 Å². The van der Waals surface area contributed by atoms with E-state index in [1.54, 1.807) is 26.2 Å². The molecule has 1 atom stereocenters. The molecule has 0 aromatic heterocycles. The van der Waals surface area contributed by atoms with Crippen LogP contribution < -0.4 is 4.74 Å². The first-order valence-corrected chi connectivity index (χ1v) is 8.45. The Kier molecular flexibility index (Phi) is 5.24. The summed E-state index contributed by atoms with van der Waals surface area (Å²) < 4.78 is 10.6. The number of nitrogens with zero attached hydrogens (tertiary/aromatic N) is 3. The molecule has 25 heavy (non-hydrogen) atoms. The molecule has 1 aromatic carbocycles. The average molecular weight is 347 g/mol. The van der Waals surface area contributed by atoms with Gasteiger partial charge in [-0.15, -0.1) is 0 Å². The number of likely N-dealkylation sites (N-methyl/N-ethyl adjacent to an activating group) is 1. The van der Waals surface area contributed by atoms with Crippen LogP contribution in [0.2, 0.25) is 0 Å². The molecule has 0 saturated carbocycles. The second kappa shape index (κ2) is 7.41. The van der Waals surface area contributed by atoms with E-state index in [1.807, 2.05) is 12.1 Å². The quantitative estimate of drug-likeness (QED) is 0.768. The first-order valence-electron chi connectivity index (χ1n) is 8.45. The molecule has 2 aliphatic heterocycles. The summed E-state index contributed by atoms with van der Waals surface area (Å²) in [4.78, 5) is 30.0. The van der Waals surface area contributed by atoms with Gasteiger partial charge in [0.1, 0.15) is 11.8 Å². The van der Waals surface area contributed by atoms with Crippen molar-refractivity contribution in [1.82, 2.24) is 14.7 Å². The van der Waals surface area contributed by atoms with Crippen LogP contribution in [0.5, 0.6) is 5.75 Å². The van der Waals surface area contributed by atoms with Crippen LogP contribution in [0.25, 0.3) is 0 Å². The van der Waals surface area contributed by atoms with E-state index in [1.165, 1.54) is 4.90 Å². The highest BCUT2D eigenvalue weighted by molar-refractivity contribution is 5.95. The first kappa shape index (κ1) is 17.7. The summed E-state index contributed by atoms with van der Waals surface area (Å²) in [5, 5.41) is 0. The van der Waals surface area contributed by atoms with E-state index in [2.05, 4.69) is 11.0 Å². The molecule has 7 heteroatoms. The lowest BCUT2D eigenvalue weighted by atomic mass is 10.1. The maximum Gasteiger partial charge on any atom is 0.246 e. The number of benzene rings is 1. The molecule has 0 unspecified atom stereocenters. The maximum absolute atomic E-state index is 12.4. The third-order valence-corrected chi connectivity index (χ3v) is 4.87. The van der Waals surface area contributed by atoms with Crippen molar-refractivity contribution < 1.29 is 19.1 Å². The van der Waals surface area contributed by atoms with Gasteiger partial charge >= 0.3 is 0 Å². The molecule has 0 bridgehead atoms. The summed E-state index contributed by atoms with van der Waals surface area (Å²) in [6.45, 7) is 3.35. The van der Waals surface area contributed by atoms with E-state index >= 15 is 0 Å². The second-order valence-electron chi connectivity index (χ2n) is 6.61. The van der Waals surface area contributed by atoms with Gasteiger partial charge < -0.3 is 19.3 Å². The molecule has 2 aliphatic rings. The van der Waals surface area contributed by atoms with Crippen molar-refractivity contribution in [2.24, 2.45) is 0 Å². The Morgan fingerprint density at radius 3 is 2.72 bits per heavy atom. The predicted molar refractivity (Wildman–Crippen MR) is 92.1 cm³/mol. The molecule has 3 rings (SSSR count). The Morgan fingerprint density at radius 2 is 2.00 bits per heavy atom. The first-order chi connectivity index (χ1) is 12.0. The molecule has 0 N–H and O–H groups in total. The van der Waals surface area contributed by atoms with Crippen molar-refractivity contribution >= 4 is 11.8 Å². The normalized spacial score (nSPS) is 21.5. The lowest BCUT2D eigenvalue weighted by Gasteiger charge is -2.45. The minimum atomic E-state index is -0.364. The molecule has 2 saturated heterocycles. The van der Waals surface area contributed by atoms with Crippen molar-refractivity contribution in [2.45, 2.75) is 19.2 Å². The van der Waals surface area contributed by atoms with Gasteiger partial charge in [-0.25, -0.2) is 0 Å². The second-order valence-corrected chi connectivity index (χ2v) is 6.61. The van der Waals surface area contributed by atoms with E-state index in [-0.39, 0.29) is 24.4 Å². The van der Waals surface area contributed by atoms with E-state index in [4.69, 9.17) is 9.47 Å². The molecule has 2 amide bonds. The number of methoxy groups -OCH3 is 2. The number of hydrogen-bond donors (Lipinski definition) is 0. The molecule has 1 aromatic rings. The van der Waals surface area contributed by atoms with Crippen molar-refractivity contribution in [3.8, 4) is 5.75 Å². The van der Waals surface area contributed by atoms with Crippen LogP contribution in [-0.4, -0.2) is 80.0 Å². The lowest BCUT2D eigenvalue weighted by Crippen LogP contribution is -2.65. The fourth-order valence-corrected chi connectivity index (χ4v) is 3.58. The third-order valence-electron chi connectivity index (χ3n) is 4.87. The smallest absolute Gasteiger partial charge is 0.246 e. The summed E-state index contributed by atoms with van der Waals surface area (Å²) in [7, 11) is 5.00. The lowest BCUT2D eigenvalue weighted by molar-refractivity contribution is -0.158. The molecule has 2 heterocycles. The average Bonchev–Trinajstić information content (AvgIpc) is 2.60. The molecule has 7 nitrogen and oxygen atoms in total. The standard InChI is InChI=1S/C18H25N3O4/c1-19-11-17(22)21-7-6-20(10-15(21)18(19)23)9-13-4-5-16(25-3)14(8-13)12-24-2/h4-5,8,15H,6-7,9-12H2,1-3H3/t15-/m1/s1. The predicted octanol–water partition coefficient (Wildman–Crippen LogP) is 0.326. The number of fused-ring (bicyclic) bond motifs is 1. The van der Waals surface area contributed by atoms with Gasteiger partial charge in [-0.05, 0) is 17.7 Å². The van der Waals surface area contributed by atoms with Gasteiger partial charge in [0, 0.05) is 45.9 Å². The van der Waals surface area contributed by atoms with Crippen LogP contribution >= 0.6 is 0 Å². The number of amides is 2. The SMILES string of the molecule is COCc1cc(CN2CCN3C(=O)CN(C)C(=O)[C@H]3C2)ccc1OC. The van der Waals surface area contributed by atoms with Crippen LogP contribution in [0, 0.1) is 0 Å². The minimum absolute atomic E-state index is 0.0269. The van der Waals surface area contributed by atoms with Gasteiger partial charge in [-0.1, -0.05) is 6.07 Å². The van der Waals surface area contributed by atoms with Crippen molar-refractivity contribution in [3.63, 3.8) is 0 Å². The number of rotatable bonds is 5. The number of hydrogen-bond acceptors (Lipinski definition) is 5. The Balaban J connectivity index is 1.71. The van der Waals surface area contributed by atoms with Crippen LogP contribution in [0.15, 0.2) is 18.2 Å². The zero-order chi connectivity index (χ0) is 18.0. The summed E-state index contributed by atoms with van der Waals surface area (Å²) in [6, 6.07) is 5.69. The fraction of sp³-hybridized carbons (Fsp3) is 0.556. The van der Waals surface area contributed by atoms with Crippen molar-refractivity contribution in [1.29, 1.82) is 0 Å². The number of carbonyl (C=O) groups is 2. The zero-order valence-electron chi connectivity index (χ0n) is 15.0. The van der Waals surface area contributed by atoms with E-state index < -0.39 is 0 Å². The van der Waals surface area contributed by atoms with E-state index in [0.29, 0.717) is 19.7 Å². The summed E-state index contributed by atoms with van der Waals surface area (Å²) in [6.07, 6.45) is 0. The van der Waals surface area contributed by atoms with E-state index in [9.17, 15) is 9.59 Å². The van der Waals surface area contributed by atoms with Crippen molar-refractivity contribution in [3.05, 3.63) is 29.3 Å². The zero-order valence-corrected chi connectivity index (χ0v) is 15.0. The largest absolute Gasteiger partial charge is 0.496 e. The van der Waals surface area contributed by atoms with Crippen LogP contribution in [0.4, 0.5) is 0 Å². The van der Waals surface area contributed by atoms with Crippen LogP contribution in [0.1, 0.15) is 11.1 Å². The topological polar surface area (TPSA) is 62.3 Å². The third kappa shape index (κ3) is 3.62. The highest BCUT2D eigenvalue weighted by atomic mass is 16.5. The molecule has 0 radical (unpaired) electrons. The highest BCUT2D eigenvalue weighted by Gasteiger charge is 2.41. The summed E-state index contributed by atoms with van der Waals surface area (Å²) >= 11 is 0. The highest BCUT2D eigenvalue weighted by Crippen LogP contribution is 2.23. The van der Waals surface area contributed by atoms with Gasteiger partial charge in [-0.3, -0.25) is 14.5 Å². The number of piperazine rings is 2. The molecule has 136 valence electrons. The Bertz CT molecular complexity index is 664. The summed E-state index contributed by atoms with van der Waals surface area (Å²) in [5.41, 5.74) is 2.15. The van der Waals surface area contributed by atoms with Gasteiger partial charge in [0.25, 0.3) is 0 Å². The van der Waals surface area contributed by atoms with Crippen molar-refractivity contribution in [2.75, 3.05) is 47.4 Å².